The molecule has 0 aromatic heterocycles. The zero-order valence-electron chi connectivity index (χ0n) is 17.4. The first-order chi connectivity index (χ1) is 15.2. The van der Waals surface area contributed by atoms with E-state index < -0.39 is 0 Å². The summed E-state index contributed by atoms with van der Waals surface area (Å²) in [6.07, 6.45) is 7.73. The molecule has 0 bridgehead atoms. The minimum atomic E-state index is -0.0281. The van der Waals surface area contributed by atoms with Gasteiger partial charge in [-0.2, -0.15) is 0 Å². The summed E-state index contributed by atoms with van der Waals surface area (Å²) in [5.74, 6) is -0.0281. The molecule has 1 aliphatic carbocycles. The van der Waals surface area contributed by atoms with E-state index in [0.717, 1.165) is 39.5 Å². The summed E-state index contributed by atoms with van der Waals surface area (Å²) in [5.41, 5.74) is 6.43. The van der Waals surface area contributed by atoms with Gasteiger partial charge >= 0.3 is 0 Å². The van der Waals surface area contributed by atoms with Crippen LogP contribution in [0.5, 0.6) is 0 Å². The molecule has 1 saturated heterocycles. The monoisotopic (exact) mass is 412 g/mol. The summed E-state index contributed by atoms with van der Waals surface area (Å²) in [6, 6.07) is 15.9. The molecular weight excluding hydrogens is 388 g/mol. The van der Waals surface area contributed by atoms with Crippen molar-refractivity contribution in [1.82, 2.24) is 0 Å². The standard InChI is InChI=1S/C25H24N4O2/c1-26-16-19-6-4-8-23(18-5-3-7-21(15-18)27-2)25(19)28-20-9-11-22(12-10-20)29-13-14-31-17-24(29)30/h3-12,15-16,27H,1,13-14,17H2,2H3/b19-16-,28-25?. The number of carbonyl (C=O) groups is 1. The van der Waals surface area contributed by atoms with Crippen LogP contribution in [0.4, 0.5) is 17.1 Å². The quantitative estimate of drug-likeness (QED) is 0.740. The van der Waals surface area contributed by atoms with Crippen LogP contribution in [0.25, 0.3) is 5.57 Å². The van der Waals surface area contributed by atoms with Crippen molar-refractivity contribution in [2.24, 2.45) is 9.98 Å². The molecule has 6 nitrogen and oxygen atoms in total. The number of rotatable bonds is 5. The number of nitrogens with one attached hydrogen (secondary N) is 1. The van der Waals surface area contributed by atoms with Crippen LogP contribution in [0.2, 0.25) is 0 Å². The highest BCUT2D eigenvalue weighted by molar-refractivity contribution is 6.34. The van der Waals surface area contributed by atoms with Crippen LogP contribution in [0.15, 0.2) is 88.5 Å². The molecule has 0 saturated carbocycles. The highest BCUT2D eigenvalue weighted by Crippen LogP contribution is 2.30. The Kier molecular flexibility index (Phi) is 6.19. The first-order valence-corrected chi connectivity index (χ1v) is 10.1. The number of anilines is 2. The van der Waals surface area contributed by atoms with Gasteiger partial charge in [0.05, 0.1) is 18.0 Å². The summed E-state index contributed by atoms with van der Waals surface area (Å²) in [6.45, 7) is 4.83. The Morgan fingerprint density at radius 2 is 2.03 bits per heavy atom. The van der Waals surface area contributed by atoms with Gasteiger partial charge in [-0.05, 0) is 48.7 Å². The van der Waals surface area contributed by atoms with Crippen molar-refractivity contribution in [2.75, 3.05) is 37.0 Å². The number of nitrogens with zero attached hydrogens (tertiary/aromatic N) is 3. The van der Waals surface area contributed by atoms with Crippen molar-refractivity contribution >= 4 is 41.0 Å². The molecule has 0 atom stereocenters. The van der Waals surface area contributed by atoms with Gasteiger partial charge in [0, 0.05) is 42.3 Å². The first kappa shape index (κ1) is 20.5. The number of amides is 1. The molecule has 2 aliphatic rings. The number of benzene rings is 2. The molecule has 1 heterocycles. The van der Waals surface area contributed by atoms with E-state index in [-0.39, 0.29) is 12.5 Å². The van der Waals surface area contributed by atoms with Gasteiger partial charge in [-0.25, -0.2) is 4.99 Å². The Labute approximate surface area is 182 Å². The molecule has 31 heavy (non-hydrogen) atoms. The van der Waals surface area contributed by atoms with Crippen LogP contribution in [-0.2, 0) is 9.53 Å². The molecule has 2 aromatic rings. The molecule has 1 aliphatic heterocycles. The van der Waals surface area contributed by atoms with Gasteiger partial charge in [-0.3, -0.25) is 9.79 Å². The molecule has 0 unspecified atom stereocenters. The van der Waals surface area contributed by atoms with Gasteiger partial charge in [0.1, 0.15) is 6.61 Å². The Balaban J connectivity index is 1.70. The predicted octanol–water partition coefficient (Wildman–Crippen LogP) is 4.40. The summed E-state index contributed by atoms with van der Waals surface area (Å²) in [5, 5.41) is 3.18. The Bertz CT molecular complexity index is 1110. The summed E-state index contributed by atoms with van der Waals surface area (Å²) in [4.78, 5) is 22.7. The zero-order valence-corrected chi connectivity index (χ0v) is 17.4. The van der Waals surface area contributed by atoms with Crippen molar-refractivity contribution in [3.05, 3.63) is 84.1 Å². The molecule has 2 aromatic carbocycles. The highest BCUT2D eigenvalue weighted by Gasteiger charge is 2.20. The van der Waals surface area contributed by atoms with Crippen molar-refractivity contribution in [2.45, 2.75) is 0 Å². The van der Waals surface area contributed by atoms with Crippen molar-refractivity contribution in [3.63, 3.8) is 0 Å². The fourth-order valence-corrected chi connectivity index (χ4v) is 3.59. The second-order valence-electron chi connectivity index (χ2n) is 7.11. The van der Waals surface area contributed by atoms with E-state index in [4.69, 9.17) is 9.73 Å². The molecular formula is C25H24N4O2. The van der Waals surface area contributed by atoms with Gasteiger partial charge in [-0.1, -0.05) is 30.4 Å². The summed E-state index contributed by atoms with van der Waals surface area (Å²) in [7, 11) is 1.90. The topological polar surface area (TPSA) is 66.3 Å². The van der Waals surface area contributed by atoms with Crippen LogP contribution in [0.3, 0.4) is 0 Å². The Morgan fingerprint density at radius 3 is 2.77 bits per heavy atom. The molecule has 4 rings (SSSR count). The van der Waals surface area contributed by atoms with Crippen LogP contribution >= 0.6 is 0 Å². The van der Waals surface area contributed by atoms with E-state index in [9.17, 15) is 4.79 Å². The zero-order chi connectivity index (χ0) is 21.6. The molecule has 156 valence electrons. The number of morpholine rings is 1. The fourth-order valence-electron chi connectivity index (χ4n) is 3.59. The van der Waals surface area contributed by atoms with E-state index in [1.165, 1.54) is 0 Å². The number of hydrogen-bond acceptors (Lipinski definition) is 5. The number of allylic oxidation sites excluding steroid dienone is 5. The average molecular weight is 412 g/mol. The van der Waals surface area contributed by atoms with Gasteiger partial charge in [-0.15, -0.1) is 0 Å². The maximum absolute atomic E-state index is 12.1. The maximum Gasteiger partial charge on any atom is 0.253 e. The smallest absolute Gasteiger partial charge is 0.253 e. The SMILES string of the molecule is C=N/C=C1/C=CC=C(c2cccc(NC)c2)C1=Nc1ccc(N2CCOCC2=O)cc1. The van der Waals surface area contributed by atoms with E-state index in [2.05, 4.69) is 35.2 Å². The molecule has 0 spiro atoms. The molecule has 1 fully saturated rings. The number of carbonyl (C=O) groups excluding carboxylic acids is 1. The molecule has 6 heteroatoms. The third kappa shape index (κ3) is 4.54. The van der Waals surface area contributed by atoms with Gasteiger partial charge in [0.15, 0.2) is 0 Å². The summed E-state index contributed by atoms with van der Waals surface area (Å²) >= 11 is 0. The minimum Gasteiger partial charge on any atom is -0.388 e. The van der Waals surface area contributed by atoms with Crippen molar-refractivity contribution in [3.8, 4) is 0 Å². The predicted molar refractivity (Wildman–Crippen MR) is 127 cm³/mol. The lowest BCUT2D eigenvalue weighted by Gasteiger charge is -2.26. The Hall–Kier alpha value is -3.77. The van der Waals surface area contributed by atoms with E-state index in [0.29, 0.717) is 13.2 Å². The third-order valence-electron chi connectivity index (χ3n) is 5.15. The second kappa shape index (κ2) is 9.36. The molecule has 0 radical (unpaired) electrons. The van der Waals surface area contributed by atoms with Gasteiger partial charge < -0.3 is 15.0 Å². The van der Waals surface area contributed by atoms with Gasteiger partial charge in [0.2, 0.25) is 0 Å². The minimum absolute atomic E-state index is 0.0281. The summed E-state index contributed by atoms with van der Waals surface area (Å²) < 4.78 is 5.21. The lowest BCUT2D eigenvalue weighted by Crippen LogP contribution is -2.41. The average Bonchev–Trinajstić information content (AvgIpc) is 2.81. The molecule has 1 amide bonds. The lowest BCUT2D eigenvalue weighted by molar-refractivity contribution is -0.125. The largest absolute Gasteiger partial charge is 0.388 e. The van der Waals surface area contributed by atoms with E-state index in [1.54, 1.807) is 11.1 Å². The van der Waals surface area contributed by atoms with Crippen molar-refractivity contribution in [1.29, 1.82) is 0 Å². The van der Waals surface area contributed by atoms with E-state index >= 15 is 0 Å². The normalized spacial score (nSPS) is 18.9. The maximum atomic E-state index is 12.1. The Morgan fingerprint density at radius 1 is 1.19 bits per heavy atom. The highest BCUT2D eigenvalue weighted by atomic mass is 16.5. The second-order valence-corrected chi connectivity index (χ2v) is 7.11. The number of ether oxygens (including phenoxy) is 1. The molecule has 1 N–H and O–H groups in total. The van der Waals surface area contributed by atoms with Crippen LogP contribution in [0, 0.1) is 0 Å². The first-order valence-electron chi connectivity index (χ1n) is 10.1. The van der Waals surface area contributed by atoms with Gasteiger partial charge in [0.25, 0.3) is 5.91 Å². The lowest BCUT2D eigenvalue weighted by atomic mass is 9.91. The fraction of sp³-hybridized carbons (Fsp3) is 0.160. The van der Waals surface area contributed by atoms with Crippen LogP contribution in [-0.4, -0.2) is 45.1 Å². The van der Waals surface area contributed by atoms with E-state index in [1.807, 2.05) is 55.6 Å². The van der Waals surface area contributed by atoms with Crippen molar-refractivity contribution < 1.29 is 9.53 Å². The van der Waals surface area contributed by atoms with Crippen LogP contribution in [0.1, 0.15) is 5.56 Å². The number of hydrogen-bond donors (Lipinski definition) is 1. The third-order valence-corrected chi connectivity index (χ3v) is 5.15. The van der Waals surface area contributed by atoms with Crippen LogP contribution < -0.4 is 10.2 Å². The number of aliphatic imine (C=N–C) groups is 2.